The fraction of sp³-hybridized carbons (Fsp3) is 0.133. The van der Waals surface area contributed by atoms with Crippen LogP contribution in [0.4, 0.5) is 0 Å². The first-order valence-corrected chi connectivity index (χ1v) is 12.3. The van der Waals surface area contributed by atoms with E-state index >= 15 is 0 Å². The number of unbranched alkanes of at least 4 members (excludes halogenated alkanes) is 1. The zero-order valence-electron chi connectivity index (χ0n) is 18.6. The van der Waals surface area contributed by atoms with Crippen molar-refractivity contribution in [2.24, 2.45) is 0 Å². The van der Waals surface area contributed by atoms with Crippen LogP contribution in [-0.4, -0.2) is 11.9 Å². The Balaban J connectivity index is 1.61. The number of thioether (sulfide) groups is 1. The van der Waals surface area contributed by atoms with Crippen molar-refractivity contribution < 1.29 is 0 Å². The van der Waals surface area contributed by atoms with Crippen LogP contribution in [0.3, 0.4) is 0 Å². The summed E-state index contributed by atoms with van der Waals surface area (Å²) in [5.74, 6) is 8.46. The van der Waals surface area contributed by atoms with Gasteiger partial charge in [-0.1, -0.05) is 109 Å². The molecular weight excluding hydrogens is 403 g/mol. The maximum absolute atomic E-state index is 3.79. The van der Waals surface area contributed by atoms with Crippen LogP contribution in [0.1, 0.15) is 18.4 Å². The van der Waals surface area contributed by atoms with Crippen molar-refractivity contribution in [3.05, 3.63) is 121 Å². The van der Waals surface area contributed by atoms with E-state index in [1.807, 2.05) is 11.8 Å². The minimum atomic E-state index is -1.35. The maximum Gasteiger partial charge on any atom is 0.149 e. The first-order chi connectivity index (χ1) is 15.8. The molecule has 32 heavy (non-hydrogen) atoms. The molecule has 4 rings (SSSR count). The third kappa shape index (κ3) is 5.18. The molecule has 0 aromatic heterocycles. The van der Waals surface area contributed by atoms with E-state index in [-0.39, 0.29) is 0 Å². The predicted octanol–water partition coefficient (Wildman–Crippen LogP) is 5.58. The van der Waals surface area contributed by atoms with Crippen molar-refractivity contribution in [1.29, 1.82) is 0 Å². The molecule has 4 aromatic carbocycles. The SMILES string of the molecule is Cc1ccc(SCCCC#C[B-](c2ccccc2)(c2ccccc2)c2ccccc2)cc1. The Kier molecular flexibility index (Phi) is 7.54. The van der Waals surface area contributed by atoms with Gasteiger partial charge in [0.15, 0.2) is 0 Å². The van der Waals surface area contributed by atoms with Crippen LogP contribution in [0.25, 0.3) is 0 Å². The highest BCUT2D eigenvalue weighted by Crippen LogP contribution is 2.19. The lowest BCUT2D eigenvalue weighted by molar-refractivity contribution is 0.997. The molecule has 0 aliphatic carbocycles. The second-order valence-corrected chi connectivity index (χ2v) is 9.35. The molecule has 0 nitrogen and oxygen atoms in total. The van der Waals surface area contributed by atoms with Crippen molar-refractivity contribution in [2.45, 2.75) is 24.7 Å². The van der Waals surface area contributed by atoms with Gasteiger partial charge in [0.05, 0.1) is 0 Å². The Bertz CT molecular complexity index is 1060. The van der Waals surface area contributed by atoms with Gasteiger partial charge in [0, 0.05) is 11.3 Å². The average molecular weight is 431 g/mol. The van der Waals surface area contributed by atoms with Gasteiger partial charge in [-0.25, -0.2) is 0 Å². The van der Waals surface area contributed by atoms with Crippen LogP contribution in [-0.2, 0) is 0 Å². The van der Waals surface area contributed by atoms with E-state index in [4.69, 9.17) is 0 Å². The molecule has 0 saturated carbocycles. The molecule has 0 unspecified atom stereocenters. The van der Waals surface area contributed by atoms with Gasteiger partial charge in [-0.3, -0.25) is 5.82 Å². The lowest BCUT2D eigenvalue weighted by Gasteiger charge is -2.38. The Morgan fingerprint density at radius 1 is 0.625 bits per heavy atom. The third-order valence-electron chi connectivity index (χ3n) is 5.95. The average Bonchev–Trinajstić information content (AvgIpc) is 2.86. The summed E-state index contributed by atoms with van der Waals surface area (Å²) < 4.78 is 0. The Hall–Kier alpha value is -3.15. The van der Waals surface area contributed by atoms with Crippen molar-refractivity contribution in [2.75, 3.05) is 5.75 Å². The fourth-order valence-corrected chi connectivity index (χ4v) is 5.12. The number of hydrogen-bond donors (Lipinski definition) is 0. The quantitative estimate of drug-likeness (QED) is 0.159. The molecule has 4 aromatic rings. The predicted molar refractivity (Wildman–Crippen MR) is 143 cm³/mol. The molecule has 0 bridgehead atoms. The van der Waals surface area contributed by atoms with Gasteiger partial charge < -0.3 is 0 Å². The summed E-state index contributed by atoms with van der Waals surface area (Å²) in [6.45, 7) is 2.13. The molecule has 0 amide bonds. The molecule has 2 heteroatoms. The van der Waals surface area contributed by atoms with E-state index in [0.717, 1.165) is 18.6 Å². The van der Waals surface area contributed by atoms with E-state index in [0.29, 0.717) is 0 Å². The highest BCUT2D eigenvalue weighted by Gasteiger charge is 2.27. The van der Waals surface area contributed by atoms with E-state index in [1.54, 1.807) is 0 Å². The molecule has 0 saturated heterocycles. The molecule has 0 N–H and O–H groups in total. The molecule has 0 spiro atoms. The zero-order valence-corrected chi connectivity index (χ0v) is 19.4. The van der Waals surface area contributed by atoms with Gasteiger partial charge in [0.2, 0.25) is 0 Å². The largest absolute Gasteiger partial charge is 0.297 e. The van der Waals surface area contributed by atoms with Crippen LogP contribution in [0.15, 0.2) is 120 Å². The van der Waals surface area contributed by atoms with Crippen molar-refractivity contribution in [3.8, 4) is 11.7 Å². The van der Waals surface area contributed by atoms with E-state index < -0.39 is 6.15 Å². The first kappa shape index (κ1) is 22.1. The second-order valence-electron chi connectivity index (χ2n) is 8.18. The van der Waals surface area contributed by atoms with Gasteiger partial charge in [-0.2, -0.15) is 16.4 Å². The van der Waals surface area contributed by atoms with Crippen LogP contribution in [0.2, 0.25) is 0 Å². The summed E-state index contributed by atoms with van der Waals surface area (Å²) in [6, 6.07) is 41.1. The van der Waals surface area contributed by atoms with E-state index in [1.165, 1.54) is 26.8 Å². The zero-order chi connectivity index (χ0) is 22.1. The highest BCUT2D eigenvalue weighted by molar-refractivity contribution is 7.99. The van der Waals surface area contributed by atoms with E-state index in [9.17, 15) is 0 Å². The van der Waals surface area contributed by atoms with Crippen LogP contribution in [0.5, 0.6) is 0 Å². The van der Waals surface area contributed by atoms with Gasteiger partial charge >= 0.3 is 0 Å². The van der Waals surface area contributed by atoms with Crippen molar-refractivity contribution in [3.63, 3.8) is 0 Å². The van der Waals surface area contributed by atoms with Crippen LogP contribution >= 0.6 is 11.8 Å². The lowest BCUT2D eigenvalue weighted by Crippen LogP contribution is -2.66. The molecule has 0 fully saturated rings. The summed E-state index contributed by atoms with van der Waals surface area (Å²) in [4.78, 5) is 1.33. The molecule has 158 valence electrons. The van der Waals surface area contributed by atoms with Crippen LogP contribution < -0.4 is 16.4 Å². The molecule has 0 aliphatic heterocycles. The number of benzene rings is 4. The summed E-state index contributed by atoms with van der Waals surface area (Å²) in [5.41, 5.74) is 5.12. The number of hydrogen-bond acceptors (Lipinski definition) is 1. The second kappa shape index (κ2) is 10.9. The summed E-state index contributed by atoms with van der Waals surface area (Å²) in [6.07, 6.45) is 0.624. The fourth-order valence-electron chi connectivity index (χ4n) is 4.26. The van der Waals surface area contributed by atoms with Gasteiger partial charge in [-0.15, -0.1) is 17.7 Å². The van der Waals surface area contributed by atoms with Crippen LogP contribution in [0, 0.1) is 18.7 Å². The topological polar surface area (TPSA) is 0 Å². The standard InChI is InChI=1S/C30H28BS/c1-26-20-22-30(23-21-26)32-25-13-5-12-24-31(27-14-6-2-7-15-27,28-16-8-3-9-17-28)29-18-10-4-11-19-29/h2-4,6-11,14-23H,5,13,25H2,1H3/q-1. The minimum Gasteiger partial charge on any atom is -0.297 e. The highest BCUT2D eigenvalue weighted by atomic mass is 32.2. The van der Waals surface area contributed by atoms with Crippen molar-refractivity contribution in [1.82, 2.24) is 0 Å². The Labute approximate surface area is 197 Å². The smallest absolute Gasteiger partial charge is 0.149 e. The monoisotopic (exact) mass is 431 g/mol. The Morgan fingerprint density at radius 3 is 1.56 bits per heavy atom. The van der Waals surface area contributed by atoms with Crippen molar-refractivity contribution >= 4 is 34.3 Å². The van der Waals surface area contributed by atoms with Gasteiger partial charge in [0.1, 0.15) is 6.15 Å². The molecule has 0 aliphatic rings. The summed E-state index contributed by atoms with van der Waals surface area (Å²) in [7, 11) is 0. The maximum atomic E-state index is 3.79. The molecule has 0 atom stereocenters. The first-order valence-electron chi connectivity index (χ1n) is 11.3. The summed E-state index contributed by atoms with van der Waals surface area (Å²) >= 11 is 1.91. The normalized spacial score (nSPS) is 10.9. The van der Waals surface area contributed by atoms with Gasteiger partial charge in [0.25, 0.3) is 0 Å². The Morgan fingerprint density at radius 2 is 1.09 bits per heavy atom. The number of rotatable bonds is 7. The lowest BCUT2D eigenvalue weighted by atomic mass is 9.16. The van der Waals surface area contributed by atoms with E-state index in [2.05, 4.69) is 134 Å². The minimum absolute atomic E-state index is 0.898. The number of aryl methyl sites for hydroxylation is 1. The molecule has 0 radical (unpaired) electrons. The van der Waals surface area contributed by atoms with Gasteiger partial charge in [-0.05, 0) is 31.2 Å². The molecular formula is C30H28BS-. The molecule has 0 heterocycles. The summed E-state index contributed by atoms with van der Waals surface area (Å²) in [5, 5.41) is 0. The third-order valence-corrected chi connectivity index (χ3v) is 7.05.